The van der Waals surface area contributed by atoms with Gasteiger partial charge in [0.25, 0.3) is 5.91 Å². The summed E-state index contributed by atoms with van der Waals surface area (Å²) >= 11 is 0. The van der Waals surface area contributed by atoms with Crippen LogP contribution < -0.4 is 5.32 Å². The first-order valence-corrected chi connectivity index (χ1v) is 8.08. The highest BCUT2D eigenvalue weighted by atomic mass is 16.3. The maximum atomic E-state index is 12.5. The van der Waals surface area contributed by atoms with Crippen LogP contribution in [-0.2, 0) is 0 Å². The molecule has 1 saturated carbocycles. The van der Waals surface area contributed by atoms with Gasteiger partial charge in [-0.1, -0.05) is 19.3 Å². The molecule has 0 aromatic carbocycles. The summed E-state index contributed by atoms with van der Waals surface area (Å²) in [4.78, 5) is 12.5. The van der Waals surface area contributed by atoms with Gasteiger partial charge in [-0.05, 0) is 45.1 Å². The number of rotatable bonds is 6. The molecule has 1 atom stereocenters. The van der Waals surface area contributed by atoms with Crippen LogP contribution in [-0.4, -0.2) is 33.4 Å². The van der Waals surface area contributed by atoms with E-state index in [0.717, 1.165) is 12.8 Å². The molecule has 1 amide bonds. The number of nitrogens with one attached hydrogen (secondary N) is 1. The largest absolute Gasteiger partial charge is 0.396 e. The van der Waals surface area contributed by atoms with Gasteiger partial charge in [0.1, 0.15) is 5.69 Å². The van der Waals surface area contributed by atoms with Crippen LogP contribution in [0, 0.1) is 5.92 Å². The molecule has 2 rings (SSSR count). The van der Waals surface area contributed by atoms with Crippen molar-refractivity contribution in [2.45, 2.75) is 64.5 Å². The SMILES string of the molecule is CC(C)n1nccc1C(=O)NC(CCO)C1CCCCC1. The van der Waals surface area contributed by atoms with E-state index in [-0.39, 0.29) is 24.6 Å². The average molecular weight is 293 g/mol. The van der Waals surface area contributed by atoms with Gasteiger partial charge in [0.2, 0.25) is 0 Å². The zero-order chi connectivity index (χ0) is 15.2. The van der Waals surface area contributed by atoms with Crippen LogP contribution in [0.2, 0.25) is 0 Å². The Morgan fingerprint density at radius 1 is 1.43 bits per heavy atom. The fourth-order valence-electron chi connectivity index (χ4n) is 3.25. The molecule has 5 nitrogen and oxygen atoms in total. The molecule has 5 heteroatoms. The first-order chi connectivity index (χ1) is 10.1. The number of amides is 1. The minimum atomic E-state index is -0.0785. The Labute approximate surface area is 126 Å². The van der Waals surface area contributed by atoms with E-state index in [0.29, 0.717) is 18.0 Å². The predicted octanol–water partition coefficient (Wildman–Crippen LogP) is 2.53. The van der Waals surface area contributed by atoms with Gasteiger partial charge < -0.3 is 10.4 Å². The third kappa shape index (κ3) is 4.06. The second-order valence-electron chi connectivity index (χ2n) is 6.25. The number of hydrogen-bond acceptors (Lipinski definition) is 3. The van der Waals surface area contributed by atoms with Crippen molar-refractivity contribution < 1.29 is 9.90 Å². The number of hydrogen-bond donors (Lipinski definition) is 2. The second-order valence-corrected chi connectivity index (χ2v) is 6.25. The number of nitrogens with zero attached hydrogens (tertiary/aromatic N) is 2. The molecule has 118 valence electrons. The Kier molecular flexibility index (Phi) is 5.79. The Balaban J connectivity index is 2.05. The van der Waals surface area contributed by atoms with Crippen LogP contribution in [0.15, 0.2) is 12.3 Å². The van der Waals surface area contributed by atoms with Crippen molar-refractivity contribution in [3.63, 3.8) is 0 Å². The van der Waals surface area contributed by atoms with Crippen LogP contribution in [0.5, 0.6) is 0 Å². The molecule has 1 unspecified atom stereocenters. The normalized spacial score (nSPS) is 17.9. The average Bonchev–Trinajstić information content (AvgIpc) is 2.97. The molecule has 1 fully saturated rings. The van der Waals surface area contributed by atoms with Crippen LogP contribution in [0.25, 0.3) is 0 Å². The van der Waals surface area contributed by atoms with Crippen molar-refractivity contribution in [3.8, 4) is 0 Å². The van der Waals surface area contributed by atoms with Gasteiger partial charge in [-0.15, -0.1) is 0 Å². The Morgan fingerprint density at radius 3 is 2.76 bits per heavy atom. The predicted molar refractivity (Wildman–Crippen MR) is 82.1 cm³/mol. The summed E-state index contributed by atoms with van der Waals surface area (Å²) in [5.41, 5.74) is 0.601. The van der Waals surface area contributed by atoms with Gasteiger partial charge in [-0.3, -0.25) is 9.48 Å². The summed E-state index contributed by atoms with van der Waals surface area (Å²) in [7, 11) is 0. The Bertz CT molecular complexity index is 450. The molecule has 0 aliphatic heterocycles. The highest BCUT2D eigenvalue weighted by molar-refractivity contribution is 5.92. The maximum absolute atomic E-state index is 12.5. The number of aliphatic hydroxyl groups excluding tert-OH is 1. The molecule has 1 aromatic heterocycles. The molecule has 2 N–H and O–H groups in total. The minimum absolute atomic E-state index is 0.0679. The third-order valence-corrected chi connectivity index (χ3v) is 4.37. The van der Waals surface area contributed by atoms with E-state index in [4.69, 9.17) is 0 Å². The molecule has 0 radical (unpaired) electrons. The summed E-state index contributed by atoms with van der Waals surface area (Å²) in [6, 6.07) is 1.98. The topological polar surface area (TPSA) is 67.2 Å². The zero-order valence-electron chi connectivity index (χ0n) is 13.1. The van der Waals surface area contributed by atoms with Crippen molar-refractivity contribution in [1.82, 2.24) is 15.1 Å². The van der Waals surface area contributed by atoms with E-state index in [2.05, 4.69) is 10.4 Å². The first-order valence-electron chi connectivity index (χ1n) is 8.08. The number of aromatic nitrogens is 2. The van der Waals surface area contributed by atoms with Gasteiger partial charge in [-0.2, -0.15) is 5.10 Å². The van der Waals surface area contributed by atoms with E-state index in [1.807, 2.05) is 13.8 Å². The van der Waals surface area contributed by atoms with Gasteiger partial charge in [0, 0.05) is 24.9 Å². The highest BCUT2D eigenvalue weighted by Crippen LogP contribution is 2.28. The summed E-state index contributed by atoms with van der Waals surface area (Å²) in [5.74, 6) is 0.412. The smallest absolute Gasteiger partial charge is 0.269 e. The van der Waals surface area contributed by atoms with Gasteiger partial charge in [0.15, 0.2) is 0 Å². The number of carbonyl (C=O) groups is 1. The Morgan fingerprint density at radius 2 is 2.14 bits per heavy atom. The van der Waals surface area contributed by atoms with Crippen LogP contribution >= 0.6 is 0 Å². The number of aliphatic hydroxyl groups is 1. The summed E-state index contributed by atoms with van der Waals surface area (Å²) in [5, 5.41) is 16.6. The molecule has 21 heavy (non-hydrogen) atoms. The molecular weight excluding hydrogens is 266 g/mol. The fraction of sp³-hybridized carbons (Fsp3) is 0.750. The second kappa shape index (κ2) is 7.59. The molecule has 1 heterocycles. The van der Waals surface area contributed by atoms with Gasteiger partial charge >= 0.3 is 0 Å². The minimum Gasteiger partial charge on any atom is -0.396 e. The fourth-order valence-corrected chi connectivity index (χ4v) is 3.25. The molecule has 1 aromatic rings. The van der Waals surface area contributed by atoms with E-state index in [1.54, 1.807) is 16.9 Å². The van der Waals surface area contributed by atoms with E-state index < -0.39 is 0 Å². The molecule has 0 spiro atoms. The van der Waals surface area contributed by atoms with Gasteiger partial charge in [0.05, 0.1) is 0 Å². The lowest BCUT2D eigenvalue weighted by Crippen LogP contribution is -2.42. The van der Waals surface area contributed by atoms with Crippen LogP contribution in [0.1, 0.15) is 68.9 Å². The van der Waals surface area contributed by atoms with Crippen LogP contribution in [0.3, 0.4) is 0 Å². The number of carbonyl (C=O) groups excluding carboxylic acids is 1. The summed E-state index contributed by atoms with van der Waals surface area (Å²) in [6.45, 7) is 4.14. The summed E-state index contributed by atoms with van der Waals surface area (Å²) in [6.07, 6.45) is 8.33. The molecule has 1 aliphatic rings. The van der Waals surface area contributed by atoms with E-state index >= 15 is 0 Å². The third-order valence-electron chi connectivity index (χ3n) is 4.37. The maximum Gasteiger partial charge on any atom is 0.269 e. The zero-order valence-corrected chi connectivity index (χ0v) is 13.1. The van der Waals surface area contributed by atoms with E-state index in [9.17, 15) is 9.90 Å². The van der Waals surface area contributed by atoms with Crippen molar-refractivity contribution >= 4 is 5.91 Å². The molecule has 0 saturated heterocycles. The molecule has 0 bridgehead atoms. The lowest BCUT2D eigenvalue weighted by molar-refractivity contribution is 0.0887. The van der Waals surface area contributed by atoms with Gasteiger partial charge in [-0.25, -0.2) is 0 Å². The first kappa shape index (κ1) is 16.0. The quantitative estimate of drug-likeness (QED) is 0.847. The molecule has 1 aliphatic carbocycles. The van der Waals surface area contributed by atoms with Crippen molar-refractivity contribution in [3.05, 3.63) is 18.0 Å². The van der Waals surface area contributed by atoms with Crippen molar-refractivity contribution in [2.24, 2.45) is 5.92 Å². The monoisotopic (exact) mass is 293 g/mol. The standard InChI is InChI=1S/C16H27N3O2/c1-12(2)19-15(8-10-17-19)16(21)18-14(9-11-20)13-6-4-3-5-7-13/h8,10,12-14,20H,3-7,9,11H2,1-2H3,(H,18,21). The Hall–Kier alpha value is -1.36. The van der Waals surface area contributed by atoms with Crippen molar-refractivity contribution in [2.75, 3.05) is 6.61 Å². The van der Waals surface area contributed by atoms with Crippen LogP contribution in [0.4, 0.5) is 0 Å². The lowest BCUT2D eigenvalue weighted by atomic mass is 9.82. The lowest BCUT2D eigenvalue weighted by Gasteiger charge is -2.30. The highest BCUT2D eigenvalue weighted by Gasteiger charge is 2.26. The van der Waals surface area contributed by atoms with E-state index in [1.165, 1.54) is 19.3 Å². The van der Waals surface area contributed by atoms with Crippen molar-refractivity contribution in [1.29, 1.82) is 0 Å². The molecular formula is C16H27N3O2. The summed E-state index contributed by atoms with van der Waals surface area (Å²) < 4.78 is 1.74.